The number of rotatable bonds is 6. The first kappa shape index (κ1) is 20.5. The smallest absolute Gasteiger partial charge is 0.128 e. The normalized spacial score (nSPS) is 16.0. The standard InChI is InChI=1S/C20H27N3O2.ClH/c1-16-6-5-7-19(17(16)2)25-15-18(24)14-22-10-12-23(13-11-22)20-8-3-4-9-21-20;/h3-9,18,24H,10-15H2,1-2H3;1H. The van der Waals surface area contributed by atoms with Crippen molar-refractivity contribution >= 4 is 18.2 Å². The number of halogens is 1. The molecule has 1 saturated heterocycles. The Kier molecular flexibility index (Phi) is 7.69. The van der Waals surface area contributed by atoms with Gasteiger partial charge in [0.05, 0.1) is 0 Å². The van der Waals surface area contributed by atoms with Crippen molar-refractivity contribution in [1.29, 1.82) is 0 Å². The third-order valence-electron chi connectivity index (χ3n) is 4.80. The van der Waals surface area contributed by atoms with Crippen molar-refractivity contribution in [1.82, 2.24) is 9.88 Å². The van der Waals surface area contributed by atoms with Crippen LogP contribution in [-0.4, -0.2) is 60.4 Å². The molecular weight excluding hydrogens is 350 g/mol. The number of benzene rings is 1. The Hall–Kier alpha value is -1.82. The lowest BCUT2D eigenvalue weighted by atomic mass is 10.1. The molecule has 1 aliphatic heterocycles. The van der Waals surface area contributed by atoms with Crippen LogP contribution in [0.3, 0.4) is 0 Å². The summed E-state index contributed by atoms with van der Waals surface area (Å²) in [6.07, 6.45) is 1.34. The summed E-state index contributed by atoms with van der Waals surface area (Å²) in [4.78, 5) is 8.98. The van der Waals surface area contributed by atoms with E-state index in [4.69, 9.17) is 4.74 Å². The van der Waals surface area contributed by atoms with Gasteiger partial charge in [0.25, 0.3) is 0 Å². The average molecular weight is 378 g/mol. The predicted octanol–water partition coefficient (Wildman–Crippen LogP) is 2.68. The van der Waals surface area contributed by atoms with Crippen LogP contribution in [0.15, 0.2) is 42.6 Å². The monoisotopic (exact) mass is 377 g/mol. The number of piperazine rings is 1. The first-order chi connectivity index (χ1) is 12.1. The molecule has 0 radical (unpaired) electrons. The van der Waals surface area contributed by atoms with E-state index in [0.717, 1.165) is 43.3 Å². The number of aliphatic hydroxyl groups excluding tert-OH is 1. The van der Waals surface area contributed by atoms with Gasteiger partial charge < -0.3 is 14.7 Å². The molecule has 0 amide bonds. The molecule has 1 unspecified atom stereocenters. The van der Waals surface area contributed by atoms with E-state index in [1.807, 2.05) is 43.5 Å². The quantitative estimate of drug-likeness (QED) is 0.838. The summed E-state index contributed by atoms with van der Waals surface area (Å²) in [5.74, 6) is 1.89. The highest BCUT2D eigenvalue weighted by atomic mass is 35.5. The molecule has 1 atom stereocenters. The number of aryl methyl sites for hydroxylation is 1. The van der Waals surface area contributed by atoms with E-state index in [9.17, 15) is 5.11 Å². The highest BCUT2D eigenvalue weighted by Gasteiger charge is 2.20. The minimum absolute atomic E-state index is 0. The maximum Gasteiger partial charge on any atom is 0.128 e. The van der Waals surface area contributed by atoms with Gasteiger partial charge in [-0.3, -0.25) is 4.90 Å². The van der Waals surface area contributed by atoms with E-state index in [0.29, 0.717) is 13.2 Å². The van der Waals surface area contributed by atoms with E-state index in [1.165, 1.54) is 5.56 Å². The number of aromatic nitrogens is 1. The van der Waals surface area contributed by atoms with Crippen molar-refractivity contribution in [3.05, 3.63) is 53.7 Å². The molecule has 26 heavy (non-hydrogen) atoms. The van der Waals surface area contributed by atoms with Gasteiger partial charge >= 0.3 is 0 Å². The van der Waals surface area contributed by atoms with Gasteiger partial charge in [-0.15, -0.1) is 12.4 Å². The minimum Gasteiger partial charge on any atom is -0.491 e. The van der Waals surface area contributed by atoms with Crippen molar-refractivity contribution in [3.8, 4) is 5.75 Å². The van der Waals surface area contributed by atoms with Crippen LogP contribution < -0.4 is 9.64 Å². The lowest BCUT2D eigenvalue weighted by molar-refractivity contribution is 0.0660. The zero-order valence-corrected chi connectivity index (χ0v) is 16.3. The molecule has 142 valence electrons. The van der Waals surface area contributed by atoms with E-state index in [-0.39, 0.29) is 12.4 Å². The number of ether oxygens (including phenoxy) is 1. The highest BCUT2D eigenvalue weighted by Crippen LogP contribution is 2.20. The summed E-state index contributed by atoms with van der Waals surface area (Å²) in [5, 5.41) is 10.3. The van der Waals surface area contributed by atoms with Gasteiger partial charge in [0.1, 0.15) is 24.3 Å². The Balaban J connectivity index is 0.00000243. The number of anilines is 1. The SMILES string of the molecule is Cc1cccc(OCC(O)CN2CCN(c3ccccn3)CC2)c1C.Cl. The van der Waals surface area contributed by atoms with E-state index in [1.54, 1.807) is 0 Å². The van der Waals surface area contributed by atoms with Crippen LogP contribution in [0.25, 0.3) is 0 Å². The zero-order chi connectivity index (χ0) is 17.6. The van der Waals surface area contributed by atoms with Crippen molar-refractivity contribution in [3.63, 3.8) is 0 Å². The Morgan fingerprint density at radius 3 is 2.54 bits per heavy atom. The van der Waals surface area contributed by atoms with E-state index < -0.39 is 6.10 Å². The van der Waals surface area contributed by atoms with Crippen molar-refractivity contribution in [2.75, 3.05) is 44.2 Å². The zero-order valence-electron chi connectivity index (χ0n) is 15.5. The second-order valence-electron chi connectivity index (χ2n) is 6.64. The summed E-state index contributed by atoms with van der Waals surface area (Å²) >= 11 is 0. The molecule has 0 bridgehead atoms. The maximum atomic E-state index is 10.3. The van der Waals surface area contributed by atoms with Gasteiger partial charge in [-0.1, -0.05) is 18.2 Å². The van der Waals surface area contributed by atoms with Crippen molar-refractivity contribution < 1.29 is 9.84 Å². The summed E-state index contributed by atoms with van der Waals surface area (Å²) in [7, 11) is 0. The van der Waals surface area contributed by atoms with Gasteiger partial charge in [0.2, 0.25) is 0 Å². The summed E-state index contributed by atoms with van der Waals surface area (Å²) in [5.41, 5.74) is 2.34. The summed E-state index contributed by atoms with van der Waals surface area (Å²) in [6.45, 7) is 8.80. The molecule has 0 spiro atoms. The molecule has 1 aromatic carbocycles. The van der Waals surface area contributed by atoms with Crippen LogP contribution in [-0.2, 0) is 0 Å². The average Bonchev–Trinajstić information content (AvgIpc) is 2.64. The lowest BCUT2D eigenvalue weighted by Crippen LogP contribution is -2.49. The fourth-order valence-corrected chi connectivity index (χ4v) is 3.12. The molecule has 1 fully saturated rings. The second kappa shape index (κ2) is 9.76. The van der Waals surface area contributed by atoms with Gasteiger partial charge in [-0.25, -0.2) is 4.98 Å². The number of nitrogens with zero attached hydrogens (tertiary/aromatic N) is 3. The third-order valence-corrected chi connectivity index (χ3v) is 4.80. The van der Waals surface area contributed by atoms with Gasteiger partial charge in [-0.05, 0) is 43.2 Å². The van der Waals surface area contributed by atoms with Gasteiger partial charge in [-0.2, -0.15) is 0 Å². The molecule has 0 saturated carbocycles. The fraction of sp³-hybridized carbons (Fsp3) is 0.450. The minimum atomic E-state index is -0.485. The molecule has 3 rings (SSSR count). The number of hydrogen-bond acceptors (Lipinski definition) is 5. The Morgan fingerprint density at radius 1 is 1.08 bits per heavy atom. The first-order valence-corrected chi connectivity index (χ1v) is 8.89. The highest BCUT2D eigenvalue weighted by molar-refractivity contribution is 5.85. The molecule has 5 nitrogen and oxygen atoms in total. The number of aliphatic hydroxyl groups is 1. The summed E-state index contributed by atoms with van der Waals surface area (Å²) < 4.78 is 5.81. The fourth-order valence-electron chi connectivity index (χ4n) is 3.12. The summed E-state index contributed by atoms with van der Waals surface area (Å²) in [6, 6.07) is 12.0. The van der Waals surface area contributed by atoms with Gasteiger partial charge in [0, 0.05) is 38.9 Å². The van der Waals surface area contributed by atoms with Gasteiger partial charge in [0.15, 0.2) is 0 Å². The van der Waals surface area contributed by atoms with E-state index >= 15 is 0 Å². The molecule has 1 N–H and O–H groups in total. The van der Waals surface area contributed by atoms with Crippen LogP contribution in [0.5, 0.6) is 5.75 Å². The Labute approximate surface area is 162 Å². The molecule has 1 aromatic heterocycles. The third kappa shape index (κ3) is 5.34. The predicted molar refractivity (Wildman–Crippen MR) is 108 cm³/mol. The first-order valence-electron chi connectivity index (χ1n) is 8.89. The van der Waals surface area contributed by atoms with Crippen LogP contribution in [0.4, 0.5) is 5.82 Å². The van der Waals surface area contributed by atoms with E-state index in [2.05, 4.69) is 27.8 Å². The molecule has 0 aliphatic carbocycles. The molecular formula is C20H28ClN3O2. The molecule has 1 aliphatic rings. The van der Waals surface area contributed by atoms with Crippen molar-refractivity contribution in [2.45, 2.75) is 20.0 Å². The van der Waals surface area contributed by atoms with Crippen LogP contribution in [0, 0.1) is 13.8 Å². The molecule has 2 heterocycles. The van der Waals surface area contributed by atoms with Crippen molar-refractivity contribution in [2.24, 2.45) is 0 Å². The molecule has 6 heteroatoms. The second-order valence-corrected chi connectivity index (χ2v) is 6.64. The van der Waals surface area contributed by atoms with Crippen LogP contribution in [0.2, 0.25) is 0 Å². The maximum absolute atomic E-state index is 10.3. The lowest BCUT2D eigenvalue weighted by Gasteiger charge is -2.36. The number of β-amino-alcohol motifs (C(OH)–C–C–N with tert-alkyl or cyclic N) is 1. The number of hydrogen-bond donors (Lipinski definition) is 1. The molecule has 2 aromatic rings. The van der Waals surface area contributed by atoms with Crippen LogP contribution in [0.1, 0.15) is 11.1 Å². The number of pyridine rings is 1. The largest absolute Gasteiger partial charge is 0.491 e. The Morgan fingerprint density at radius 2 is 1.85 bits per heavy atom. The Bertz CT molecular complexity index is 676. The topological polar surface area (TPSA) is 48.8 Å². The van der Waals surface area contributed by atoms with Crippen LogP contribution >= 0.6 is 12.4 Å².